The van der Waals surface area contributed by atoms with Crippen LogP contribution in [0.15, 0.2) is 0 Å². The van der Waals surface area contributed by atoms with Crippen molar-refractivity contribution in [2.75, 3.05) is 7.11 Å². The van der Waals surface area contributed by atoms with Crippen LogP contribution in [0.4, 0.5) is 8.78 Å². The zero-order valence-electron chi connectivity index (χ0n) is 4.56. The second-order valence-electron chi connectivity index (χ2n) is 1.16. The van der Waals surface area contributed by atoms with Gasteiger partial charge in [0.05, 0.1) is 7.11 Å². The molecule has 0 unspecified atom stereocenters. The predicted octanol–water partition coefficient (Wildman–Crippen LogP) is -0.00640. The van der Waals surface area contributed by atoms with Crippen LogP contribution in [-0.4, -0.2) is 25.3 Å². The number of hydrogen-bond acceptors (Lipinski definition) is 3. The summed E-state index contributed by atoms with van der Waals surface area (Å²) in [7, 11) is 0.864. The molecule has 0 fully saturated rings. The predicted molar refractivity (Wildman–Crippen MR) is 23.0 cm³/mol. The Balaban J connectivity index is 3.89. The van der Waals surface area contributed by atoms with Gasteiger partial charge in [-0.3, -0.25) is 4.79 Å². The fraction of sp³-hybridized carbons (Fsp3) is 0.500. The number of ether oxygens (including phenoxy) is 1. The van der Waals surface area contributed by atoms with Crippen LogP contribution in [0.25, 0.3) is 0 Å². The first kappa shape index (κ1) is 8.00. The maximum Gasteiger partial charge on any atom is 0.380 e. The first-order valence-electron chi connectivity index (χ1n) is 2.00. The highest BCUT2D eigenvalue weighted by atomic mass is 19.3. The van der Waals surface area contributed by atoms with Crippen molar-refractivity contribution in [2.45, 2.75) is 6.43 Å². The van der Waals surface area contributed by atoms with Crippen molar-refractivity contribution in [1.82, 2.24) is 0 Å². The van der Waals surface area contributed by atoms with Gasteiger partial charge < -0.3 is 4.74 Å². The second kappa shape index (κ2) is 3.11. The van der Waals surface area contributed by atoms with Gasteiger partial charge in [0.2, 0.25) is 0 Å². The molecule has 5 heteroatoms. The van der Waals surface area contributed by atoms with E-state index in [0.29, 0.717) is 0 Å². The minimum absolute atomic E-state index is 0.864. The Bertz CT molecular complexity index is 132. The second-order valence-corrected chi connectivity index (χ2v) is 1.16. The van der Waals surface area contributed by atoms with Gasteiger partial charge in [0, 0.05) is 0 Å². The molecule has 0 bridgehead atoms. The lowest BCUT2D eigenvalue weighted by Gasteiger charge is -1.93. The van der Waals surface area contributed by atoms with Gasteiger partial charge >= 0.3 is 18.2 Å². The molecule has 0 amide bonds. The molecule has 0 aliphatic heterocycles. The number of methoxy groups -OCH3 is 1. The van der Waals surface area contributed by atoms with Gasteiger partial charge in [-0.15, -0.1) is 0 Å². The average molecular weight is 138 g/mol. The molecule has 0 aromatic heterocycles. The number of carbonyl (C=O) groups excluding carboxylic acids is 2. The molecule has 0 saturated carbocycles. The zero-order chi connectivity index (χ0) is 7.44. The third-order valence-corrected chi connectivity index (χ3v) is 0.585. The van der Waals surface area contributed by atoms with Crippen LogP contribution in [0.3, 0.4) is 0 Å². The number of ketones is 1. The Kier molecular flexibility index (Phi) is 2.77. The van der Waals surface area contributed by atoms with Crippen LogP contribution >= 0.6 is 0 Å². The van der Waals surface area contributed by atoms with E-state index in [9.17, 15) is 18.4 Å². The summed E-state index contributed by atoms with van der Waals surface area (Å²) in [5.74, 6) is -3.32. The minimum atomic E-state index is -3.27. The summed E-state index contributed by atoms with van der Waals surface area (Å²) in [4.78, 5) is 19.8. The van der Waals surface area contributed by atoms with E-state index in [4.69, 9.17) is 0 Å². The average Bonchev–Trinajstić information content (AvgIpc) is 1.84. The minimum Gasteiger partial charge on any atom is -0.463 e. The van der Waals surface area contributed by atoms with Crippen LogP contribution in [0, 0.1) is 0 Å². The Morgan fingerprint density at radius 3 is 2.00 bits per heavy atom. The van der Waals surface area contributed by atoms with Crippen molar-refractivity contribution in [1.29, 1.82) is 0 Å². The highest BCUT2D eigenvalue weighted by Gasteiger charge is 2.24. The molecule has 0 aliphatic carbocycles. The molecule has 3 nitrogen and oxygen atoms in total. The summed E-state index contributed by atoms with van der Waals surface area (Å²) in [6.45, 7) is 0. The van der Waals surface area contributed by atoms with E-state index in [-0.39, 0.29) is 0 Å². The Morgan fingerprint density at radius 2 is 1.89 bits per heavy atom. The third-order valence-electron chi connectivity index (χ3n) is 0.585. The summed E-state index contributed by atoms with van der Waals surface area (Å²) in [5, 5.41) is 0. The molecule has 0 aromatic rings. The molecule has 0 rings (SSSR count). The summed E-state index contributed by atoms with van der Waals surface area (Å²) >= 11 is 0. The van der Waals surface area contributed by atoms with Crippen molar-refractivity contribution < 1.29 is 23.1 Å². The van der Waals surface area contributed by atoms with E-state index in [1.165, 1.54) is 0 Å². The molecule has 0 radical (unpaired) electrons. The van der Waals surface area contributed by atoms with Gasteiger partial charge in [0.15, 0.2) is 0 Å². The number of alkyl halides is 2. The molecular formula is C4H4F2O3. The first-order valence-corrected chi connectivity index (χ1v) is 2.00. The van der Waals surface area contributed by atoms with Gasteiger partial charge in [0.1, 0.15) is 0 Å². The highest BCUT2D eigenvalue weighted by molar-refractivity contribution is 6.34. The highest BCUT2D eigenvalue weighted by Crippen LogP contribution is 1.94. The van der Waals surface area contributed by atoms with Crippen LogP contribution in [0.1, 0.15) is 0 Å². The van der Waals surface area contributed by atoms with E-state index >= 15 is 0 Å². The first-order chi connectivity index (χ1) is 4.09. The van der Waals surface area contributed by atoms with Crippen molar-refractivity contribution in [3.05, 3.63) is 0 Å². The topological polar surface area (TPSA) is 43.4 Å². The lowest BCUT2D eigenvalue weighted by molar-refractivity contribution is -0.156. The number of esters is 1. The fourth-order valence-electron chi connectivity index (χ4n) is 0.190. The van der Waals surface area contributed by atoms with Crippen molar-refractivity contribution in [2.24, 2.45) is 0 Å². The van der Waals surface area contributed by atoms with Crippen LogP contribution < -0.4 is 0 Å². The van der Waals surface area contributed by atoms with E-state index in [0.717, 1.165) is 7.11 Å². The van der Waals surface area contributed by atoms with E-state index < -0.39 is 18.2 Å². The van der Waals surface area contributed by atoms with E-state index in [1.807, 2.05) is 0 Å². The molecule has 0 saturated heterocycles. The van der Waals surface area contributed by atoms with E-state index in [2.05, 4.69) is 4.74 Å². The molecule has 0 atom stereocenters. The molecule has 0 heterocycles. The molecule has 0 N–H and O–H groups in total. The van der Waals surface area contributed by atoms with Crippen molar-refractivity contribution >= 4 is 11.8 Å². The van der Waals surface area contributed by atoms with Gasteiger partial charge in [-0.05, 0) is 0 Å². The van der Waals surface area contributed by atoms with Gasteiger partial charge in [-0.25, -0.2) is 13.6 Å². The summed E-state index contributed by atoms with van der Waals surface area (Å²) in [5.41, 5.74) is 0. The number of rotatable bonds is 2. The van der Waals surface area contributed by atoms with Crippen LogP contribution in [0.2, 0.25) is 0 Å². The quantitative estimate of drug-likeness (QED) is 0.398. The van der Waals surface area contributed by atoms with Crippen molar-refractivity contribution in [3.8, 4) is 0 Å². The summed E-state index contributed by atoms with van der Waals surface area (Å²) < 4.78 is 26.1. The number of Topliss-reactive ketones (excluding diaryl/α,β-unsaturated/α-hetero) is 1. The van der Waals surface area contributed by atoms with Gasteiger partial charge in [0.25, 0.3) is 0 Å². The summed E-state index contributed by atoms with van der Waals surface area (Å²) in [6, 6.07) is 0. The Hall–Kier alpha value is -1.00. The standard InChI is InChI=1S/C4H4F2O3/c1-9-4(8)2(7)3(5)6/h3H,1H3. The normalized spacial score (nSPS) is 9.33. The smallest absolute Gasteiger partial charge is 0.380 e. The number of halogens is 2. The Morgan fingerprint density at radius 1 is 1.44 bits per heavy atom. The largest absolute Gasteiger partial charge is 0.463 e. The molecule has 9 heavy (non-hydrogen) atoms. The van der Waals surface area contributed by atoms with Gasteiger partial charge in [-0.2, -0.15) is 0 Å². The lowest BCUT2D eigenvalue weighted by atomic mass is 10.4. The van der Waals surface area contributed by atoms with E-state index in [1.54, 1.807) is 0 Å². The maximum atomic E-state index is 11.2. The third kappa shape index (κ3) is 2.16. The van der Waals surface area contributed by atoms with Gasteiger partial charge in [-0.1, -0.05) is 0 Å². The fourth-order valence-corrected chi connectivity index (χ4v) is 0.190. The lowest BCUT2D eigenvalue weighted by Crippen LogP contribution is -2.22. The Labute approximate surface area is 49.6 Å². The monoisotopic (exact) mass is 138 g/mol. The SMILES string of the molecule is COC(=O)C(=O)C(F)F. The van der Waals surface area contributed by atoms with Crippen LogP contribution in [0.5, 0.6) is 0 Å². The molecule has 0 aromatic carbocycles. The molecule has 0 aliphatic rings. The number of carbonyl (C=O) groups is 2. The maximum absolute atomic E-state index is 11.2. The molecule has 0 spiro atoms. The van der Waals surface area contributed by atoms with Crippen LogP contribution in [-0.2, 0) is 14.3 Å². The number of hydrogen-bond donors (Lipinski definition) is 0. The zero-order valence-corrected chi connectivity index (χ0v) is 4.56. The summed E-state index contributed by atoms with van der Waals surface area (Å²) in [6.07, 6.45) is -3.27. The molecule has 52 valence electrons. The molecular weight excluding hydrogens is 134 g/mol. The van der Waals surface area contributed by atoms with Crippen molar-refractivity contribution in [3.63, 3.8) is 0 Å².